The molecule has 2 unspecified atom stereocenters. The summed E-state index contributed by atoms with van der Waals surface area (Å²) in [7, 11) is 0. The molecule has 1 aromatic rings. The Kier molecular flexibility index (Phi) is 3.15. The van der Waals surface area contributed by atoms with E-state index < -0.39 is 0 Å². The van der Waals surface area contributed by atoms with E-state index in [2.05, 4.69) is 22.0 Å². The Morgan fingerprint density at radius 3 is 2.53 bits per heavy atom. The lowest BCUT2D eigenvalue weighted by Gasteiger charge is -2.18. The summed E-state index contributed by atoms with van der Waals surface area (Å²) in [5.41, 5.74) is 3.04. The van der Waals surface area contributed by atoms with Crippen LogP contribution >= 0.6 is 15.9 Å². The molecule has 0 saturated heterocycles. The molecule has 82 valence electrons. The largest absolute Gasteiger partial charge is 0.207 e. The molecule has 2 rings (SSSR count). The first-order valence-electron chi connectivity index (χ1n) is 5.50. The van der Waals surface area contributed by atoms with Gasteiger partial charge in [0.25, 0.3) is 0 Å². The minimum absolute atomic E-state index is 0.0242. The maximum Gasteiger partial charge on any atom is 0.127 e. The molecule has 0 nitrogen and oxygen atoms in total. The van der Waals surface area contributed by atoms with Crippen LogP contribution in [0, 0.1) is 19.7 Å². The highest BCUT2D eigenvalue weighted by Gasteiger charge is 2.29. The van der Waals surface area contributed by atoms with Gasteiger partial charge in [0, 0.05) is 4.83 Å². The second-order valence-electron chi connectivity index (χ2n) is 4.53. The summed E-state index contributed by atoms with van der Waals surface area (Å²) in [4.78, 5) is 0.452. The summed E-state index contributed by atoms with van der Waals surface area (Å²) >= 11 is 3.66. The maximum absolute atomic E-state index is 13.9. The van der Waals surface area contributed by atoms with E-state index in [4.69, 9.17) is 0 Å². The third-order valence-electron chi connectivity index (χ3n) is 3.28. The van der Waals surface area contributed by atoms with Crippen molar-refractivity contribution in [1.29, 1.82) is 0 Å². The molecule has 1 aliphatic carbocycles. The van der Waals surface area contributed by atoms with E-state index in [9.17, 15) is 4.39 Å². The van der Waals surface area contributed by atoms with Gasteiger partial charge in [0.1, 0.15) is 5.82 Å². The van der Waals surface area contributed by atoms with Crippen LogP contribution in [0.1, 0.15) is 41.9 Å². The Balaban J connectivity index is 2.43. The first-order chi connectivity index (χ1) is 7.09. The Morgan fingerprint density at radius 2 is 2.00 bits per heavy atom. The number of aryl methyl sites for hydroxylation is 2. The molecule has 1 aliphatic rings. The van der Waals surface area contributed by atoms with E-state index in [-0.39, 0.29) is 5.82 Å². The van der Waals surface area contributed by atoms with Gasteiger partial charge in [-0.25, -0.2) is 4.39 Å². The summed E-state index contributed by atoms with van der Waals surface area (Å²) in [5, 5.41) is 0. The molecule has 15 heavy (non-hydrogen) atoms. The Morgan fingerprint density at radius 1 is 1.27 bits per heavy atom. The van der Waals surface area contributed by atoms with Gasteiger partial charge in [-0.1, -0.05) is 28.4 Å². The molecular formula is C13H16BrF. The van der Waals surface area contributed by atoms with Crippen molar-refractivity contribution < 1.29 is 4.39 Å². The number of alkyl halides is 1. The van der Waals surface area contributed by atoms with Crippen molar-refractivity contribution in [3.8, 4) is 0 Å². The highest BCUT2D eigenvalue weighted by molar-refractivity contribution is 9.09. The van der Waals surface area contributed by atoms with Crippen molar-refractivity contribution >= 4 is 15.9 Å². The third-order valence-corrected chi connectivity index (χ3v) is 4.38. The SMILES string of the molecule is Cc1cc(C)c(C2CCCC2Br)c(F)c1. The lowest BCUT2D eigenvalue weighted by atomic mass is 9.92. The van der Waals surface area contributed by atoms with Crippen molar-refractivity contribution in [2.75, 3.05) is 0 Å². The van der Waals surface area contributed by atoms with Gasteiger partial charge in [0.15, 0.2) is 0 Å². The monoisotopic (exact) mass is 270 g/mol. The Hall–Kier alpha value is -0.370. The lowest BCUT2D eigenvalue weighted by Crippen LogP contribution is -2.09. The molecule has 1 saturated carbocycles. The van der Waals surface area contributed by atoms with Crippen molar-refractivity contribution in [2.24, 2.45) is 0 Å². The molecule has 1 fully saturated rings. The van der Waals surface area contributed by atoms with E-state index in [0.717, 1.165) is 29.5 Å². The quantitative estimate of drug-likeness (QED) is 0.661. The zero-order chi connectivity index (χ0) is 11.0. The highest BCUT2D eigenvalue weighted by atomic mass is 79.9. The summed E-state index contributed by atoms with van der Waals surface area (Å²) in [6.07, 6.45) is 3.47. The van der Waals surface area contributed by atoms with Gasteiger partial charge in [-0.15, -0.1) is 0 Å². The molecule has 0 spiro atoms. The first kappa shape index (κ1) is 11.1. The Bertz CT molecular complexity index is 350. The van der Waals surface area contributed by atoms with Crippen molar-refractivity contribution in [2.45, 2.75) is 43.9 Å². The van der Waals surface area contributed by atoms with Crippen LogP contribution in [-0.2, 0) is 0 Å². The number of rotatable bonds is 1. The zero-order valence-corrected chi connectivity index (χ0v) is 10.8. The van der Waals surface area contributed by atoms with Crippen molar-refractivity contribution in [3.05, 3.63) is 34.6 Å². The van der Waals surface area contributed by atoms with Gasteiger partial charge in [-0.3, -0.25) is 0 Å². The van der Waals surface area contributed by atoms with Gasteiger partial charge in [-0.05, 0) is 55.4 Å². The van der Waals surface area contributed by atoms with Crippen LogP contribution < -0.4 is 0 Å². The fourth-order valence-corrected chi connectivity index (χ4v) is 3.49. The maximum atomic E-state index is 13.9. The normalized spacial score (nSPS) is 25.9. The van der Waals surface area contributed by atoms with E-state index in [1.54, 1.807) is 6.07 Å². The molecule has 1 aromatic carbocycles. The van der Waals surface area contributed by atoms with Gasteiger partial charge >= 0.3 is 0 Å². The van der Waals surface area contributed by atoms with Crippen LogP contribution in [-0.4, -0.2) is 4.83 Å². The second-order valence-corrected chi connectivity index (χ2v) is 5.71. The molecule has 0 N–H and O–H groups in total. The zero-order valence-electron chi connectivity index (χ0n) is 9.19. The van der Waals surface area contributed by atoms with Crippen LogP contribution in [0.25, 0.3) is 0 Å². The van der Waals surface area contributed by atoms with Crippen LogP contribution in [0.4, 0.5) is 4.39 Å². The minimum Gasteiger partial charge on any atom is -0.207 e. The highest BCUT2D eigenvalue weighted by Crippen LogP contribution is 2.41. The predicted molar refractivity (Wildman–Crippen MR) is 65.2 cm³/mol. The van der Waals surface area contributed by atoms with Crippen LogP contribution in [0.15, 0.2) is 12.1 Å². The molecule has 0 radical (unpaired) electrons. The van der Waals surface area contributed by atoms with Crippen LogP contribution in [0.5, 0.6) is 0 Å². The molecule has 0 aromatic heterocycles. The van der Waals surface area contributed by atoms with Gasteiger partial charge in [0.2, 0.25) is 0 Å². The summed E-state index contributed by atoms with van der Waals surface area (Å²) in [5.74, 6) is 0.342. The summed E-state index contributed by atoms with van der Waals surface area (Å²) in [6, 6.07) is 3.73. The second kappa shape index (κ2) is 4.25. The molecule has 0 heterocycles. The fraction of sp³-hybridized carbons (Fsp3) is 0.538. The van der Waals surface area contributed by atoms with Gasteiger partial charge in [-0.2, -0.15) is 0 Å². The fourth-order valence-electron chi connectivity index (χ4n) is 2.64. The molecule has 2 atom stereocenters. The number of hydrogen-bond donors (Lipinski definition) is 0. The lowest BCUT2D eigenvalue weighted by molar-refractivity contribution is 0.580. The van der Waals surface area contributed by atoms with Crippen molar-refractivity contribution in [1.82, 2.24) is 0 Å². The van der Waals surface area contributed by atoms with Crippen LogP contribution in [0.2, 0.25) is 0 Å². The van der Waals surface area contributed by atoms with Gasteiger partial charge in [0.05, 0.1) is 0 Å². The third kappa shape index (κ3) is 2.10. The average Bonchev–Trinajstić information content (AvgIpc) is 2.50. The van der Waals surface area contributed by atoms with Crippen LogP contribution in [0.3, 0.4) is 0 Å². The molecular weight excluding hydrogens is 255 g/mol. The predicted octanol–water partition coefficient (Wildman–Crippen LogP) is 4.47. The van der Waals surface area contributed by atoms with E-state index in [1.165, 1.54) is 6.42 Å². The summed E-state index contributed by atoms with van der Waals surface area (Å²) in [6.45, 7) is 3.96. The standard InChI is InChI=1S/C13H16BrF/c1-8-6-9(2)13(12(15)7-8)10-4-3-5-11(10)14/h6-7,10-11H,3-5H2,1-2H3. The molecule has 0 bridgehead atoms. The molecule has 0 aliphatic heterocycles. The van der Waals surface area contributed by atoms with E-state index in [0.29, 0.717) is 10.7 Å². The first-order valence-corrected chi connectivity index (χ1v) is 6.42. The summed E-state index contributed by atoms with van der Waals surface area (Å²) < 4.78 is 13.9. The topological polar surface area (TPSA) is 0 Å². The minimum atomic E-state index is -0.0242. The van der Waals surface area contributed by atoms with Crippen molar-refractivity contribution in [3.63, 3.8) is 0 Å². The Labute approximate surface area is 99.0 Å². The van der Waals surface area contributed by atoms with E-state index in [1.807, 2.05) is 13.8 Å². The van der Waals surface area contributed by atoms with E-state index >= 15 is 0 Å². The number of hydrogen-bond acceptors (Lipinski definition) is 0. The number of benzene rings is 1. The average molecular weight is 271 g/mol. The molecule has 0 amide bonds. The number of halogens is 2. The molecule has 2 heteroatoms. The van der Waals surface area contributed by atoms with Gasteiger partial charge < -0.3 is 0 Å². The smallest absolute Gasteiger partial charge is 0.127 e.